The summed E-state index contributed by atoms with van der Waals surface area (Å²) in [5.41, 5.74) is 3.89. The summed E-state index contributed by atoms with van der Waals surface area (Å²) in [7, 11) is 0. The molecule has 1 N–H and O–H groups in total. The van der Waals surface area contributed by atoms with Crippen LogP contribution in [0.5, 0.6) is 0 Å². The topological polar surface area (TPSA) is 79.9 Å². The summed E-state index contributed by atoms with van der Waals surface area (Å²) in [6, 6.07) is 9.24. The number of thioether (sulfide) groups is 1. The molecule has 0 spiro atoms. The van der Waals surface area contributed by atoms with Crippen molar-refractivity contribution in [1.82, 2.24) is 5.43 Å². The number of rotatable bonds is 3. The van der Waals surface area contributed by atoms with Gasteiger partial charge < -0.3 is 0 Å². The highest BCUT2D eigenvalue weighted by Crippen LogP contribution is 2.23. The zero-order chi connectivity index (χ0) is 17.1. The van der Waals surface area contributed by atoms with Crippen LogP contribution in [0.2, 0.25) is 0 Å². The van der Waals surface area contributed by atoms with Crippen molar-refractivity contribution >= 4 is 34.0 Å². The third-order valence-corrected chi connectivity index (χ3v) is 4.03. The van der Waals surface area contributed by atoms with Gasteiger partial charge in [-0.2, -0.15) is 5.10 Å². The molecule has 0 aliphatic carbocycles. The third kappa shape index (κ3) is 3.57. The predicted octanol–water partition coefficient (Wildman–Crippen LogP) is 3.60. The van der Waals surface area contributed by atoms with E-state index in [-0.39, 0.29) is 11.4 Å². The quantitative estimate of drug-likeness (QED) is 0.679. The van der Waals surface area contributed by atoms with Gasteiger partial charge in [-0.3, -0.25) is 15.5 Å². The molecule has 0 aromatic heterocycles. The Morgan fingerprint density at radius 3 is 2.75 bits per heavy atom. The SMILES string of the molecule is O=[N+]([O-])c1cccc(C2=NNC(=Nc3ccc(F)cc3F)SC2)c1. The molecule has 122 valence electrons. The maximum atomic E-state index is 13.6. The fourth-order valence-corrected chi connectivity index (χ4v) is 2.78. The number of nitrogens with zero attached hydrogens (tertiary/aromatic N) is 3. The third-order valence-electron chi connectivity index (χ3n) is 3.15. The van der Waals surface area contributed by atoms with Crippen molar-refractivity contribution in [2.75, 3.05) is 5.75 Å². The van der Waals surface area contributed by atoms with Gasteiger partial charge in [0.25, 0.3) is 5.69 Å². The molecule has 9 heteroatoms. The highest BCUT2D eigenvalue weighted by molar-refractivity contribution is 8.14. The number of hydrogen-bond acceptors (Lipinski definition) is 5. The van der Waals surface area contributed by atoms with Crippen molar-refractivity contribution in [1.29, 1.82) is 0 Å². The average Bonchev–Trinajstić information content (AvgIpc) is 2.58. The first-order valence-corrected chi connectivity index (χ1v) is 7.75. The maximum absolute atomic E-state index is 13.6. The van der Waals surface area contributed by atoms with Crippen molar-refractivity contribution in [3.63, 3.8) is 0 Å². The lowest BCUT2D eigenvalue weighted by Gasteiger charge is -2.14. The van der Waals surface area contributed by atoms with Gasteiger partial charge in [0.05, 0.1) is 10.6 Å². The van der Waals surface area contributed by atoms with E-state index >= 15 is 0 Å². The Morgan fingerprint density at radius 2 is 2.08 bits per heavy atom. The van der Waals surface area contributed by atoms with Crippen LogP contribution in [0.25, 0.3) is 0 Å². The van der Waals surface area contributed by atoms with E-state index in [0.717, 1.165) is 12.1 Å². The Hall–Kier alpha value is -2.81. The van der Waals surface area contributed by atoms with E-state index < -0.39 is 16.6 Å². The molecule has 0 amide bonds. The van der Waals surface area contributed by atoms with Crippen LogP contribution >= 0.6 is 11.8 Å². The number of hydrazone groups is 1. The lowest BCUT2D eigenvalue weighted by atomic mass is 10.1. The molecule has 24 heavy (non-hydrogen) atoms. The van der Waals surface area contributed by atoms with Crippen LogP contribution in [0.4, 0.5) is 20.2 Å². The largest absolute Gasteiger partial charge is 0.270 e. The number of halogens is 2. The van der Waals surface area contributed by atoms with Crippen molar-refractivity contribution in [2.24, 2.45) is 10.1 Å². The summed E-state index contributed by atoms with van der Waals surface area (Å²) in [6.45, 7) is 0. The van der Waals surface area contributed by atoms with Crippen LogP contribution < -0.4 is 5.43 Å². The Morgan fingerprint density at radius 1 is 1.25 bits per heavy atom. The van der Waals surface area contributed by atoms with Crippen LogP contribution in [-0.2, 0) is 0 Å². The minimum Gasteiger partial charge on any atom is -0.258 e. The number of nitro benzene ring substituents is 1. The average molecular weight is 348 g/mol. The molecular weight excluding hydrogens is 338 g/mol. The van der Waals surface area contributed by atoms with Gasteiger partial charge in [-0.15, -0.1) is 0 Å². The maximum Gasteiger partial charge on any atom is 0.270 e. The van der Waals surface area contributed by atoms with E-state index in [1.54, 1.807) is 12.1 Å². The first-order chi connectivity index (χ1) is 11.5. The summed E-state index contributed by atoms with van der Waals surface area (Å²) in [5, 5.41) is 15.3. The molecule has 0 atom stereocenters. The number of hydrogen-bond donors (Lipinski definition) is 1. The van der Waals surface area contributed by atoms with Crippen LogP contribution in [0.3, 0.4) is 0 Å². The van der Waals surface area contributed by atoms with Crippen molar-refractivity contribution in [3.8, 4) is 0 Å². The fraction of sp³-hybridized carbons (Fsp3) is 0.0667. The molecule has 1 aliphatic heterocycles. The molecule has 3 rings (SSSR count). The molecule has 0 saturated carbocycles. The summed E-state index contributed by atoms with van der Waals surface area (Å²) in [6.07, 6.45) is 0. The molecule has 1 heterocycles. The summed E-state index contributed by atoms with van der Waals surface area (Å²) in [5.74, 6) is -1.03. The molecule has 0 fully saturated rings. The standard InChI is InChI=1S/C15H10F2N4O2S/c16-10-4-5-13(12(17)7-10)18-15-20-19-14(8-24-15)9-2-1-3-11(6-9)21(22)23/h1-7H,8H2,(H,18,20). The monoisotopic (exact) mass is 348 g/mol. The Labute approximate surface area is 139 Å². The van der Waals surface area contributed by atoms with Gasteiger partial charge in [-0.1, -0.05) is 23.9 Å². The number of nitrogens with one attached hydrogen (secondary N) is 1. The second-order valence-corrected chi connectivity index (χ2v) is 5.74. The molecule has 2 aromatic rings. The zero-order valence-corrected chi connectivity index (χ0v) is 12.9. The summed E-state index contributed by atoms with van der Waals surface area (Å²) >= 11 is 1.27. The molecule has 2 aromatic carbocycles. The number of benzene rings is 2. The van der Waals surface area contributed by atoms with Crippen LogP contribution in [-0.4, -0.2) is 21.6 Å². The normalized spacial score (nSPS) is 15.8. The Balaban J connectivity index is 1.80. The molecular formula is C15H10F2N4O2S. The van der Waals surface area contributed by atoms with Gasteiger partial charge in [-0.25, -0.2) is 13.8 Å². The van der Waals surface area contributed by atoms with Crippen LogP contribution in [0.1, 0.15) is 5.56 Å². The number of non-ortho nitro benzene ring substituents is 1. The summed E-state index contributed by atoms with van der Waals surface area (Å²) in [4.78, 5) is 14.4. The van der Waals surface area contributed by atoms with E-state index in [2.05, 4.69) is 15.5 Å². The fourth-order valence-electron chi connectivity index (χ4n) is 2.00. The van der Waals surface area contributed by atoms with E-state index in [4.69, 9.17) is 0 Å². The van der Waals surface area contributed by atoms with Gasteiger partial charge in [0, 0.05) is 29.5 Å². The molecule has 1 aliphatic rings. The molecule has 0 bridgehead atoms. The minimum absolute atomic E-state index is 0.000369. The van der Waals surface area contributed by atoms with Gasteiger partial charge in [0.2, 0.25) is 0 Å². The first-order valence-electron chi connectivity index (χ1n) is 6.77. The van der Waals surface area contributed by atoms with Crippen molar-refractivity contribution < 1.29 is 13.7 Å². The number of amidine groups is 1. The van der Waals surface area contributed by atoms with Gasteiger partial charge in [0.15, 0.2) is 11.0 Å². The van der Waals surface area contributed by atoms with Crippen molar-refractivity contribution in [3.05, 3.63) is 69.8 Å². The van der Waals surface area contributed by atoms with E-state index in [9.17, 15) is 18.9 Å². The van der Waals surface area contributed by atoms with Gasteiger partial charge in [-0.05, 0) is 12.1 Å². The van der Waals surface area contributed by atoms with E-state index in [1.807, 2.05) is 0 Å². The molecule has 0 saturated heterocycles. The highest BCUT2D eigenvalue weighted by atomic mass is 32.2. The number of aliphatic imine (C=N–C) groups is 1. The second kappa shape index (κ2) is 6.75. The van der Waals surface area contributed by atoms with Crippen molar-refractivity contribution in [2.45, 2.75) is 0 Å². The van der Waals surface area contributed by atoms with E-state index in [1.165, 1.54) is 30.0 Å². The Kier molecular flexibility index (Phi) is 4.52. The molecule has 0 radical (unpaired) electrons. The smallest absolute Gasteiger partial charge is 0.258 e. The van der Waals surface area contributed by atoms with Gasteiger partial charge in [0.1, 0.15) is 11.5 Å². The molecule has 6 nitrogen and oxygen atoms in total. The molecule has 0 unspecified atom stereocenters. The van der Waals surface area contributed by atoms with Crippen LogP contribution in [0.15, 0.2) is 52.6 Å². The number of nitro groups is 1. The highest BCUT2D eigenvalue weighted by Gasteiger charge is 2.16. The predicted molar refractivity (Wildman–Crippen MR) is 88.7 cm³/mol. The van der Waals surface area contributed by atoms with E-state index in [0.29, 0.717) is 22.2 Å². The minimum atomic E-state index is -0.765. The van der Waals surface area contributed by atoms with Gasteiger partial charge >= 0.3 is 0 Å². The van der Waals surface area contributed by atoms with Crippen LogP contribution in [0, 0.1) is 21.7 Å². The lowest BCUT2D eigenvalue weighted by molar-refractivity contribution is -0.384. The lowest BCUT2D eigenvalue weighted by Crippen LogP contribution is -2.25. The second-order valence-electron chi connectivity index (χ2n) is 4.78. The Bertz CT molecular complexity index is 870. The zero-order valence-electron chi connectivity index (χ0n) is 12.1. The summed E-state index contributed by atoms with van der Waals surface area (Å²) < 4.78 is 26.5. The first kappa shape index (κ1) is 16.1.